The largest absolute Gasteiger partial charge is 0.399 e. The van der Waals surface area contributed by atoms with E-state index >= 15 is 0 Å². The summed E-state index contributed by atoms with van der Waals surface area (Å²) >= 11 is 1.46. The molecule has 0 aliphatic heterocycles. The molecular weight excluding hydrogens is 312 g/mol. The summed E-state index contributed by atoms with van der Waals surface area (Å²) in [6, 6.07) is 7.29. The lowest BCUT2D eigenvalue weighted by atomic mass is 10.3. The number of aryl methyl sites for hydroxylation is 1. The van der Waals surface area contributed by atoms with Gasteiger partial charge >= 0.3 is 0 Å². The molecule has 2 rings (SSSR count). The minimum Gasteiger partial charge on any atom is -0.399 e. The Morgan fingerprint density at radius 3 is 2.67 bits per heavy atom. The van der Waals surface area contributed by atoms with Gasteiger partial charge in [-0.3, -0.25) is 0 Å². The fraction of sp³-hybridized carbons (Fsp3) is 0.333. The molecule has 0 spiro atoms. The third-order valence-corrected chi connectivity index (χ3v) is 5.11. The van der Waals surface area contributed by atoms with Crippen molar-refractivity contribution in [3.8, 4) is 0 Å². The molecule has 3 N–H and O–H groups in total. The first kappa shape index (κ1) is 15.8. The summed E-state index contributed by atoms with van der Waals surface area (Å²) < 4.78 is 30.9. The van der Waals surface area contributed by atoms with Crippen LogP contribution in [0, 0.1) is 6.92 Å². The Labute approximate surface area is 127 Å². The summed E-state index contributed by atoms with van der Waals surface area (Å²) in [5, 5.41) is 3.59. The van der Waals surface area contributed by atoms with Crippen molar-refractivity contribution in [2.45, 2.75) is 18.4 Å². The van der Waals surface area contributed by atoms with E-state index in [0.29, 0.717) is 17.3 Å². The first-order valence-corrected chi connectivity index (χ1v) is 8.83. The Kier molecular flexibility index (Phi) is 5.21. The monoisotopic (exact) mass is 328 g/mol. The molecule has 0 saturated heterocycles. The highest BCUT2D eigenvalue weighted by molar-refractivity contribution is 8.00. The molecule has 0 bridgehead atoms. The van der Waals surface area contributed by atoms with Gasteiger partial charge in [0.25, 0.3) is 0 Å². The van der Waals surface area contributed by atoms with Crippen molar-refractivity contribution in [3.63, 3.8) is 0 Å². The van der Waals surface area contributed by atoms with Crippen molar-refractivity contribution in [2.24, 2.45) is 0 Å². The number of sulfonamides is 1. The first-order chi connectivity index (χ1) is 9.94. The zero-order valence-corrected chi connectivity index (χ0v) is 13.1. The van der Waals surface area contributed by atoms with Gasteiger partial charge in [-0.1, -0.05) is 5.16 Å². The number of aromatic nitrogens is 2. The van der Waals surface area contributed by atoms with Gasteiger partial charge in [-0.15, -0.1) is 11.8 Å². The number of hydrogen-bond donors (Lipinski definition) is 2. The lowest BCUT2D eigenvalue weighted by Crippen LogP contribution is -2.27. The van der Waals surface area contributed by atoms with E-state index in [1.54, 1.807) is 19.1 Å². The number of nitrogens with zero attached hydrogens (tertiary/aromatic N) is 2. The van der Waals surface area contributed by atoms with Crippen LogP contribution in [0.4, 0.5) is 5.69 Å². The molecule has 0 saturated carbocycles. The SMILES string of the molecule is Cc1noc(CNS(=O)(=O)CCSc2ccc(N)cc2)n1. The molecule has 0 fully saturated rings. The number of anilines is 1. The number of rotatable bonds is 7. The van der Waals surface area contributed by atoms with E-state index in [-0.39, 0.29) is 18.2 Å². The molecule has 1 aromatic carbocycles. The molecule has 21 heavy (non-hydrogen) atoms. The molecule has 7 nitrogen and oxygen atoms in total. The van der Waals surface area contributed by atoms with Gasteiger partial charge in [-0.2, -0.15) is 4.98 Å². The van der Waals surface area contributed by atoms with Crippen molar-refractivity contribution >= 4 is 27.5 Å². The maximum Gasteiger partial charge on any atom is 0.241 e. The van der Waals surface area contributed by atoms with Crippen LogP contribution in [-0.4, -0.2) is 30.1 Å². The van der Waals surface area contributed by atoms with Crippen molar-refractivity contribution in [2.75, 3.05) is 17.2 Å². The molecule has 0 aliphatic carbocycles. The third kappa shape index (κ3) is 5.37. The summed E-state index contributed by atoms with van der Waals surface area (Å²) in [6.07, 6.45) is 0. The van der Waals surface area contributed by atoms with Crippen molar-refractivity contribution in [3.05, 3.63) is 36.0 Å². The van der Waals surface area contributed by atoms with Crippen LogP contribution in [0.1, 0.15) is 11.7 Å². The van der Waals surface area contributed by atoms with Gasteiger partial charge in [0.15, 0.2) is 5.82 Å². The summed E-state index contributed by atoms with van der Waals surface area (Å²) in [6.45, 7) is 1.68. The van der Waals surface area contributed by atoms with E-state index in [2.05, 4.69) is 14.9 Å². The van der Waals surface area contributed by atoms with Crippen molar-refractivity contribution in [1.29, 1.82) is 0 Å². The zero-order chi connectivity index (χ0) is 15.3. The van der Waals surface area contributed by atoms with Crippen LogP contribution in [-0.2, 0) is 16.6 Å². The van der Waals surface area contributed by atoms with E-state index in [1.165, 1.54) is 11.8 Å². The third-order valence-electron chi connectivity index (χ3n) is 2.51. The Balaban J connectivity index is 1.77. The minimum absolute atomic E-state index is 0.00909. The Morgan fingerprint density at radius 1 is 1.33 bits per heavy atom. The molecule has 2 aromatic rings. The van der Waals surface area contributed by atoms with Crippen LogP contribution in [0.3, 0.4) is 0 Å². The minimum atomic E-state index is -3.37. The predicted molar refractivity (Wildman–Crippen MR) is 81.2 cm³/mol. The molecule has 0 amide bonds. The van der Waals surface area contributed by atoms with Crippen LogP contribution in [0.25, 0.3) is 0 Å². The summed E-state index contributed by atoms with van der Waals surface area (Å²) in [4.78, 5) is 4.91. The van der Waals surface area contributed by atoms with Gasteiger partial charge in [0, 0.05) is 16.3 Å². The highest BCUT2D eigenvalue weighted by Gasteiger charge is 2.12. The van der Waals surface area contributed by atoms with Gasteiger partial charge < -0.3 is 10.3 Å². The molecule has 9 heteroatoms. The van der Waals surface area contributed by atoms with Gasteiger partial charge in [0.2, 0.25) is 15.9 Å². The van der Waals surface area contributed by atoms with E-state index in [9.17, 15) is 8.42 Å². The zero-order valence-electron chi connectivity index (χ0n) is 11.4. The molecule has 114 valence electrons. The van der Waals surface area contributed by atoms with Crippen LogP contribution >= 0.6 is 11.8 Å². The smallest absolute Gasteiger partial charge is 0.241 e. The van der Waals surface area contributed by atoms with E-state index in [4.69, 9.17) is 10.3 Å². The molecule has 1 aromatic heterocycles. The second kappa shape index (κ2) is 6.92. The highest BCUT2D eigenvalue weighted by Crippen LogP contribution is 2.19. The predicted octanol–water partition coefficient (Wildman–Crippen LogP) is 1.17. The Bertz CT molecular complexity index is 683. The fourth-order valence-corrected chi connectivity index (χ4v) is 3.75. The number of thioether (sulfide) groups is 1. The van der Waals surface area contributed by atoms with E-state index in [1.807, 2.05) is 12.1 Å². The fourth-order valence-electron chi connectivity index (χ4n) is 1.49. The molecule has 0 atom stereocenters. The number of nitrogen functional groups attached to an aromatic ring is 1. The quantitative estimate of drug-likeness (QED) is 0.579. The first-order valence-electron chi connectivity index (χ1n) is 6.19. The Hall–Kier alpha value is -1.58. The number of hydrogen-bond acceptors (Lipinski definition) is 7. The molecule has 1 heterocycles. The van der Waals surface area contributed by atoms with Crippen LogP contribution in [0.15, 0.2) is 33.7 Å². The normalized spacial score (nSPS) is 11.7. The average molecular weight is 328 g/mol. The summed E-state index contributed by atoms with van der Waals surface area (Å²) in [5.74, 6) is 1.18. The standard InChI is InChI=1S/C12H16N4O3S2/c1-9-15-12(19-16-9)8-14-21(17,18)7-6-20-11-4-2-10(13)3-5-11/h2-5,14H,6-8,13H2,1H3. The highest BCUT2D eigenvalue weighted by atomic mass is 32.2. The van der Waals surface area contributed by atoms with E-state index in [0.717, 1.165) is 4.90 Å². The number of benzene rings is 1. The molecule has 0 aliphatic rings. The van der Waals surface area contributed by atoms with Crippen LogP contribution in [0.5, 0.6) is 0 Å². The number of nitrogens with two attached hydrogens (primary N) is 1. The maximum atomic E-state index is 11.8. The lowest BCUT2D eigenvalue weighted by Gasteiger charge is -2.05. The number of nitrogens with one attached hydrogen (secondary N) is 1. The summed E-state index contributed by atoms with van der Waals surface area (Å²) in [5.41, 5.74) is 6.27. The maximum absolute atomic E-state index is 11.8. The van der Waals surface area contributed by atoms with Crippen LogP contribution < -0.4 is 10.5 Å². The van der Waals surface area contributed by atoms with Gasteiger partial charge in [0.05, 0.1) is 12.3 Å². The molecule has 0 radical (unpaired) electrons. The second-order valence-electron chi connectivity index (χ2n) is 4.29. The lowest BCUT2D eigenvalue weighted by molar-refractivity contribution is 0.372. The van der Waals surface area contributed by atoms with Gasteiger partial charge in [-0.25, -0.2) is 13.1 Å². The topological polar surface area (TPSA) is 111 Å². The van der Waals surface area contributed by atoms with Crippen molar-refractivity contribution < 1.29 is 12.9 Å². The van der Waals surface area contributed by atoms with Crippen LogP contribution in [0.2, 0.25) is 0 Å². The Morgan fingerprint density at radius 2 is 2.05 bits per heavy atom. The van der Waals surface area contributed by atoms with Gasteiger partial charge in [-0.05, 0) is 31.2 Å². The molecular formula is C12H16N4O3S2. The van der Waals surface area contributed by atoms with Gasteiger partial charge in [0.1, 0.15) is 0 Å². The summed E-state index contributed by atoms with van der Waals surface area (Å²) in [7, 11) is -3.37. The van der Waals surface area contributed by atoms with Crippen molar-refractivity contribution in [1.82, 2.24) is 14.9 Å². The van der Waals surface area contributed by atoms with E-state index < -0.39 is 10.0 Å². The molecule has 0 unspecified atom stereocenters. The average Bonchev–Trinajstić information content (AvgIpc) is 2.85. The second-order valence-corrected chi connectivity index (χ2v) is 7.39.